The van der Waals surface area contributed by atoms with Crippen LogP contribution in [0.3, 0.4) is 0 Å². The highest BCUT2D eigenvalue weighted by Crippen LogP contribution is 2.39. The molecule has 0 atom stereocenters. The van der Waals surface area contributed by atoms with E-state index >= 15 is 0 Å². The Morgan fingerprint density at radius 2 is 1.90 bits per heavy atom. The number of hydrogen-bond acceptors (Lipinski definition) is 4. The Balaban J connectivity index is 2.30. The molecule has 20 heavy (non-hydrogen) atoms. The summed E-state index contributed by atoms with van der Waals surface area (Å²) >= 11 is 0. The Morgan fingerprint density at radius 1 is 1.10 bits per heavy atom. The maximum Gasteiger partial charge on any atom is 0.258 e. The summed E-state index contributed by atoms with van der Waals surface area (Å²) in [6.45, 7) is 0. The van der Waals surface area contributed by atoms with E-state index in [0.29, 0.717) is 28.0 Å². The fraction of sp³-hybridized carbons (Fsp3) is 0.143. The molecule has 0 aliphatic carbocycles. The van der Waals surface area contributed by atoms with Gasteiger partial charge < -0.3 is 14.5 Å². The van der Waals surface area contributed by atoms with E-state index in [-0.39, 0.29) is 0 Å². The quantitative estimate of drug-likeness (QED) is 0.823. The molecule has 0 radical (unpaired) electrons. The SMILES string of the molecule is COc1ccc2[nH]cc(C3=CC(=O)NC3=O)c2c1OC. The zero-order chi connectivity index (χ0) is 14.3. The minimum atomic E-state index is -0.416. The first-order chi connectivity index (χ1) is 9.65. The number of carbonyl (C=O) groups is 2. The van der Waals surface area contributed by atoms with E-state index in [1.807, 2.05) is 6.07 Å². The Hall–Kier alpha value is -2.76. The summed E-state index contributed by atoms with van der Waals surface area (Å²) in [4.78, 5) is 26.2. The number of carbonyl (C=O) groups excluding carboxylic acids is 2. The largest absolute Gasteiger partial charge is 0.493 e. The van der Waals surface area contributed by atoms with Crippen molar-refractivity contribution in [2.75, 3.05) is 14.2 Å². The van der Waals surface area contributed by atoms with Crippen LogP contribution in [0, 0.1) is 0 Å². The fourth-order valence-corrected chi connectivity index (χ4v) is 2.36. The third-order valence-corrected chi connectivity index (χ3v) is 3.23. The third kappa shape index (κ3) is 1.65. The lowest BCUT2D eigenvalue weighted by Crippen LogP contribution is -2.21. The standard InChI is InChI=1S/C14H12N2O4/c1-19-10-4-3-9-12(13(10)20-2)8(6-15-9)7-5-11(17)16-14(7)18/h3-6,15H,1-2H3,(H,16,17,18). The molecule has 0 bridgehead atoms. The van der Waals surface area contributed by atoms with E-state index in [0.717, 1.165) is 5.52 Å². The Morgan fingerprint density at radius 3 is 2.50 bits per heavy atom. The van der Waals surface area contributed by atoms with Crippen molar-refractivity contribution in [3.63, 3.8) is 0 Å². The normalized spacial score (nSPS) is 14.4. The molecule has 1 aliphatic rings. The van der Waals surface area contributed by atoms with Crippen molar-refractivity contribution in [3.05, 3.63) is 30.0 Å². The van der Waals surface area contributed by atoms with Gasteiger partial charge in [0.25, 0.3) is 11.8 Å². The number of nitrogens with one attached hydrogen (secondary N) is 2. The van der Waals surface area contributed by atoms with E-state index < -0.39 is 11.8 Å². The maximum absolute atomic E-state index is 11.8. The third-order valence-electron chi connectivity index (χ3n) is 3.23. The predicted molar refractivity (Wildman–Crippen MR) is 72.5 cm³/mol. The van der Waals surface area contributed by atoms with Gasteiger partial charge >= 0.3 is 0 Å². The van der Waals surface area contributed by atoms with Gasteiger partial charge in [-0.15, -0.1) is 0 Å². The van der Waals surface area contributed by atoms with Crippen LogP contribution in [0.4, 0.5) is 0 Å². The van der Waals surface area contributed by atoms with Crippen LogP contribution in [0.1, 0.15) is 5.56 Å². The number of imide groups is 1. The topological polar surface area (TPSA) is 80.4 Å². The van der Waals surface area contributed by atoms with Crippen molar-refractivity contribution in [3.8, 4) is 11.5 Å². The van der Waals surface area contributed by atoms with Gasteiger partial charge in [0.2, 0.25) is 0 Å². The smallest absolute Gasteiger partial charge is 0.258 e. The van der Waals surface area contributed by atoms with Crippen molar-refractivity contribution >= 4 is 28.3 Å². The van der Waals surface area contributed by atoms with E-state index in [4.69, 9.17) is 9.47 Å². The minimum absolute atomic E-state index is 0.313. The molecule has 0 saturated carbocycles. The highest BCUT2D eigenvalue weighted by Gasteiger charge is 2.26. The number of aromatic nitrogens is 1. The van der Waals surface area contributed by atoms with Gasteiger partial charge in [-0.3, -0.25) is 14.9 Å². The first-order valence-corrected chi connectivity index (χ1v) is 5.95. The summed E-state index contributed by atoms with van der Waals surface area (Å²) in [5, 5.41) is 2.94. The summed E-state index contributed by atoms with van der Waals surface area (Å²) in [6, 6.07) is 3.60. The van der Waals surface area contributed by atoms with Crippen LogP contribution in [-0.2, 0) is 9.59 Å². The first-order valence-electron chi connectivity index (χ1n) is 5.95. The molecule has 1 aromatic heterocycles. The number of ether oxygens (including phenoxy) is 2. The molecule has 2 heterocycles. The lowest BCUT2D eigenvalue weighted by atomic mass is 10.0. The van der Waals surface area contributed by atoms with Crippen molar-refractivity contribution in [2.24, 2.45) is 0 Å². The lowest BCUT2D eigenvalue weighted by molar-refractivity contribution is -0.123. The molecule has 2 N–H and O–H groups in total. The fourth-order valence-electron chi connectivity index (χ4n) is 2.36. The monoisotopic (exact) mass is 272 g/mol. The van der Waals surface area contributed by atoms with Crippen LogP contribution in [0.15, 0.2) is 24.4 Å². The van der Waals surface area contributed by atoms with Gasteiger partial charge in [-0.05, 0) is 12.1 Å². The van der Waals surface area contributed by atoms with E-state index in [9.17, 15) is 9.59 Å². The van der Waals surface area contributed by atoms with Crippen LogP contribution in [0.2, 0.25) is 0 Å². The van der Waals surface area contributed by atoms with E-state index in [1.165, 1.54) is 13.2 Å². The van der Waals surface area contributed by atoms with Gasteiger partial charge in [0.15, 0.2) is 11.5 Å². The molecule has 0 spiro atoms. The van der Waals surface area contributed by atoms with E-state index in [2.05, 4.69) is 10.3 Å². The summed E-state index contributed by atoms with van der Waals surface area (Å²) in [5.74, 6) is 0.252. The number of benzene rings is 1. The first kappa shape index (κ1) is 12.3. The highest BCUT2D eigenvalue weighted by molar-refractivity contribution is 6.35. The second kappa shape index (κ2) is 4.41. The number of methoxy groups -OCH3 is 2. The molecular weight excluding hydrogens is 260 g/mol. The van der Waals surface area contributed by atoms with Crippen LogP contribution in [-0.4, -0.2) is 31.0 Å². The van der Waals surface area contributed by atoms with Crippen molar-refractivity contribution in [1.82, 2.24) is 10.3 Å². The summed E-state index contributed by atoms with van der Waals surface area (Å²) in [6.07, 6.45) is 2.96. The van der Waals surface area contributed by atoms with Crippen molar-refractivity contribution in [2.45, 2.75) is 0 Å². The molecule has 2 amide bonds. The number of fused-ring (bicyclic) bond motifs is 1. The van der Waals surface area contributed by atoms with Gasteiger partial charge in [0.1, 0.15) is 0 Å². The molecule has 0 unspecified atom stereocenters. The van der Waals surface area contributed by atoms with Crippen LogP contribution in [0.5, 0.6) is 11.5 Å². The number of amides is 2. The zero-order valence-electron chi connectivity index (χ0n) is 10.9. The molecule has 1 aromatic carbocycles. The van der Waals surface area contributed by atoms with Gasteiger partial charge in [-0.1, -0.05) is 0 Å². The Kier molecular flexibility index (Phi) is 2.71. The Bertz CT molecular complexity index is 758. The summed E-state index contributed by atoms with van der Waals surface area (Å²) in [5.41, 5.74) is 1.72. The number of rotatable bonds is 3. The predicted octanol–water partition coefficient (Wildman–Crippen LogP) is 1.22. The second-order valence-corrected chi connectivity index (χ2v) is 4.30. The van der Waals surface area contributed by atoms with Gasteiger partial charge in [0.05, 0.1) is 30.7 Å². The lowest BCUT2D eigenvalue weighted by Gasteiger charge is -2.09. The van der Waals surface area contributed by atoms with Gasteiger partial charge in [-0.2, -0.15) is 0 Å². The van der Waals surface area contributed by atoms with Crippen LogP contribution < -0.4 is 14.8 Å². The second-order valence-electron chi connectivity index (χ2n) is 4.30. The zero-order valence-corrected chi connectivity index (χ0v) is 10.9. The average molecular weight is 272 g/mol. The molecule has 0 fully saturated rings. The highest BCUT2D eigenvalue weighted by atomic mass is 16.5. The van der Waals surface area contributed by atoms with Crippen LogP contribution in [0.25, 0.3) is 16.5 Å². The number of aromatic amines is 1. The summed E-state index contributed by atoms with van der Waals surface area (Å²) < 4.78 is 10.6. The Labute approximate surface area is 114 Å². The van der Waals surface area contributed by atoms with Crippen molar-refractivity contribution in [1.29, 1.82) is 0 Å². The molecular formula is C14H12N2O4. The van der Waals surface area contributed by atoms with E-state index in [1.54, 1.807) is 19.4 Å². The molecule has 0 saturated heterocycles. The summed E-state index contributed by atoms with van der Waals surface area (Å²) in [7, 11) is 3.07. The molecule has 6 nitrogen and oxygen atoms in total. The molecule has 6 heteroatoms. The molecule has 3 rings (SSSR count). The molecule has 2 aromatic rings. The number of hydrogen-bond donors (Lipinski definition) is 2. The van der Waals surface area contributed by atoms with Crippen LogP contribution >= 0.6 is 0 Å². The van der Waals surface area contributed by atoms with Crippen molar-refractivity contribution < 1.29 is 19.1 Å². The maximum atomic E-state index is 11.8. The van der Waals surface area contributed by atoms with Gasteiger partial charge in [0, 0.05) is 17.8 Å². The average Bonchev–Trinajstić information content (AvgIpc) is 3.00. The molecule has 1 aliphatic heterocycles. The molecule has 102 valence electrons. The minimum Gasteiger partial charge on any atom is -0.493 e. The van der Waals surface area contributed by atoms with Gasteiger partial charge in [-0.25, -0.2) is 0 Å². The number of H-pyrrole nitrogens is 1.